The molecular weight excluding hydrogens is 134 g/mol. The van der Waals surface area contributed by atoms with Gasteiger partial charge in [-0.25, -0.2) is 0 Å². The van der Waals surface area contributed by atoms with Gasteiger partial charge in [0.05, 0.1) is 11.9 Å². The fraction of sp³-hybridized carbons (Fsp3) is 0. The number of thiocarbonyl (C=S) groups is 1. The molecule has 3 nitrogen and oxygen atoms in total. The van der Waals surface area contributed by atoms with Crippen LogP contribution in [0.2, 0.25) is 0 Å². The van der Waals surface area contributed by atoms with Crippen molar-refractivity contribution in [3.8, 4) is 0 Å². The number of carbonyl (C=O) groups is 1. The predicted octanol–water partition coefficient (Wildman–Crippen LogP) is 0.473. The smallest absolute Gasteiger partial charge is 0.198 e. The van der Waals surface area contributed by atoms with Crippen molar-refractivity contribution in [3.05, 3.63) is 0 Å². The number of carbonyl (C=O) groups excluding carboxylic acids is 1. The van der Waals surface area contributed by atoms with Gasteiger partial charge in [0.2, 0.25) is 0 Å². The highest BCUT2D eigenvalue weighted by Gasteiger charge is 1.86. The summed E-state index contributed by atoms with van der Waals surface area (Å²) in [5.74, 6) is 0. The van der Waals surface area contributed by atoms with Gasteiger partial charge in [0, 0.05) is 0 Å². The maximum absolute atomic E-state index is 9.47. The summed E-state index contributed by atoms with van der Waals surface area (Å²) in [6.07, 6.45) is 0. The van der Waals surface area contributed by atoms with Crippen LogP contribution in [0.3, 0.4) is 0 Å². The van der Waals surface area contributed by atoms with Crippen molar-refractivity contribution in [2.45, 2.75) is 0 Å². The average Bonchev–Trinajstić information content (AvgIpc) is 1.68. The van der Waals surface area contributed by atoms with Gasteiger partial charge in [-0.2, -0.15) is 4.47 Å². The summed E-state index contributed by atoms with van der Waals surface area (Å²) in [5.41, 5.74) is 1.43. The monoisotopic (exact) mass is 137 g/mol. The normalized spacial score (nSPS) is 7.57. The summed E-state index contributed by atoms with van der Waals surface area (Å²) in [6, 6.07) is 0. The summed E-state index contributed by atoms with van der Waals surface area (Å²) < 4.78 is 0.544. The molecule has 0 spiro atoms. The van der Waals surface area contributed by atoms with Gasteiger partial charge in [0.25, 0.3) is 0 Å². The molecular formula is C2H3NO2S2. The molecule has 0 unspecified atom stereocenters. The summed E-state index contributed by atoms with van der Waals surface area (Å²) >= 11 is 4.79. The molecule has 1 N–H and O–H groups in total. The second kappa shape index (κ2) is 4.04. The molecule has 0 rings (SSSR count). The van der Waals surface area contributed by atoms with Crippen LogP contribution in [0.25, 0.3) is 0 Å². The summed E-state index contributed by atoms with van der Waals surface area (Å²) in [5, 5.41) is 8.26. The molecule has 0 saturated heterocycles. The maximum Gasteiger partial charge on any atom is 0.198 e. The molecule has 5 heteroatoms. The van der Waals surface area contributed by atoms with Crippen LogP contribution in [-0.2, 0) is 4.79 Å². The van der Waals surface area contributed by atoms with Crippen molar-refractivity contribution >= 4 is 35.3 Å². The van der Waals surface area contributed by atoms with Gasteiger partial charge >= 0.3 is 0 Å². The summed E-state index contributed by atoms with van der Waals surface area (Å²) in [6.45, 7) is 0. The minimum Gasteiger partial charge on any atom is -0.289 e. The van der Waals surface area contributed by atoms with Gasteiger partial charge in [-0.3, -0.25) is 10.0 Å². The van der Waals surface area contributed by atoms with Crippen LogP contribution in [0, 0.1) is 0 Å². The largest absolute Gasteiger partial charge is 0.289 e. The lowest BCUT2D eigenvalue weighted by molar-refractivity contribution is 0.105. The lowest BCUT2D eigenvalue weighted by Crippen LogP contribution is -2.03. The first-order valence-corrected chi connectivity index (χ1v) is 2.66. The fourth-order valence-corrected chi connectivity index (χ4v) is 0.356. The molecule has 0 bridgehead atoms. The standard InChI is InChI=1S/C2H3NO2S2/c4-2-7-3(5)1-6/h1-2,5H. The third kappa shape index (κ3) is 3.71. The van der Waals surface area contributed by atoms with Crippen LogP contribution in [-0.4, -0.2) is 20.8 Å². The molecule has 0 aromatic carbocycles. The highest BCUT2D eigenvalue weighted by Crippen LogP contribution is 1.94. The molecule has 0 atom stereocenters. The number of hydrogen-bond acceptors (Lipinski definition) is 4. The Morgan fingerprint density at radius 1 is 1.86 bits per heavy atom. The Kier molecular flexibility index (Phi) is 3.97. The highest BCUT2D eigenvalue weighted by molar-refractivity contribution is 8.10. The lowest BCUT2D eigenvalue weighted by Gasteiger charge is -1.98. The van der Waals surface area contributed by atoms with E-state index < -0.39 is 0 Å². The number of nitrogens with zero attached hydrogens (tertiary/aromatic N) is 1. The van der Waals surface area contributed by atoms with Gasteiger partial charge in [0.1, 0.15) is 5.49 Å². The molecule has 0 radical (unpaired) electrons. The van der Waals surface area contributed by atoms with Crippen LogP contribution in [0.1, 0.15) is 0 Å². The van der Waals surface area contributed by atoms with Crippen LogP contribution >= 0.6 is 24.2 Å². The average molecular weight is 137 g/mol. The topological polar surface area (TPSA) is 40.5 Å². The molecule has 0 aromatic rings. The van der Waals surface area contributed by atoms with Crippen molar-refractivity contribution in [1.82, 2.24) is 4.47 Å². The van der Waals surface area contributed by atoms with E-state index in [0.717, 1.165) is 5.49 Å². The van der Waals surface area contributed by atoms with E-state index in [1.54, 1.807) is 0 Å². The van der Waals surface area contributed by atoms with E-state index in [-0.39, 0.29) is 0 Å². The van der Waals surface area contributed by atoms with E-state index in [4.69, 9.17) is 5.21 Å². The SMILES string of the molecule is O=CSN(O)C=S. The van der Waals surface area contributed by atoms with E-state index in [1.807, 2.05) is 0 Å². The van der Waals surface area contributed by atoms with E-state index in [9.17, 15) is 4.79 Å². The Morgan fingerprint density at radius 2 is 2.43 bits per heavy atom. The molecule has 7 heavy (non-hydrogen) atoms. The molecule has 0 amide bonds. The summed E-state index contributed by atoms with van der Waals surface area (Å²) in [7, 11) is 0. The molecule has 0 aromatic heterocycles. The van der Waals surface area contributed by atoms with Crippen molar-refractivity contribution in [3.63, 3.8) is 0 Å². The van der Waals surface area contributed by atoms with Crippen LogP contribution in [0.15, 0.2) is 0 Å². The van der Waals surface area contributed by atoms with Gasteiger partial charge in [-0.1, -0.05) is 12.2 Å². The van der Waals surface area contributed by atoms with Gasteiger partial charge < -0.3 is 0 Å². The maximum atomic E-state index is 9.47. The van der Waals surface area contributed by atoms with Crippen molar-refractivity contribution < 1.29 is 10.0 Å². The zero-order valence-corrected chi connectivity index (χ0v) is 4.91. The molecule has 0 aliphatic carbocycles. The second-order valence-corrected chi connectivity index (χ2v) is 1.60. The lowest BCUT2D eigenvalue weighted by atomic mass is 11.5. The molecule has 40 valence electrons. The van der Waals surface area contributed by atoms with Crippen molar-refractivity contribution in [2.75, 3.05) is 0 Å². The Morgan fingerprint density at radius 3 is 2.57 bits per heavy atom. The third-order valence-electron chi connectivity index (χ3n) is 0.241. The van der Waals surface area contributed by atoms with Gasteiger partial charge in [-0.05, 0) is 0 Å². The van der Waals surface area contributed by atoms with Gasteiger partial charge in [-0.15, -0.1) is 0 Å². The zero-order valence-electron chi connectivity index (χ0n) is 3.27. The second-order valence-electron chi connectivity index (χ2n) is 0.610. The number of hydrogen-bond donors (Lipinski definition) is 1. The van der Waals surface area contributed by atoms with E-state index in [1.165, 1.54) is 0 Å². The minimum atomic E-state index is 0.475. The van der Waals surface area contributed by atoms with E-state index in [2.05, 4.69) is 12.2 Å². The molecule has 0 fully saturated rings. The summed E-state index contributed by atoms with van der Waals surface area (Å²) in [4.78, 5) is 9.47. The van der Waals surface area contributed by atoms with Crippen molar-refractivity contribution in [2.24, 2.45) is 0 Å². The molecule has 0 saturated carbocycles. The van der Waals surface area contributed by atoms with E-state index >= 15 is 0 Å². The fourth-order valence-electron chi connectivity index (χ4n) is 0.0689. The quantitative estimate of drug-likeness (QED) is 0.265. The van der Waals surface area contributed by atoms with E-state index in [0.29, 0.717) is 22.0 Å². The predicted molar refractivity (Wildman–Crippen MR) is 31.6 cm³/mol. The Bertz CT molecular complexity index is 76.1. The number of hydroxylamine groups is 1. The Balaban J connectivity index is 3.15. The highest BCUT2D eigenvalue weighted by atomic mass is 32.2. The number of rotatable bonds is 3. The first kappa shape index (κ1) is 6.87. The Hall–Kier alpha value is -0.130. The molecule has 0 aliphatic heterocycles. The molecule has 0 aliphatic rings. The first-order valence-electron chi connectivity index (χ1n) is 1.35. The third-order valence-corrected chi connectivity index (χ3v) is 0.982. The van der Waals surface area contributed by atoms with Crippen LogP contribution in [0.4, 0.5) is 0 Å². The first-order chi connectivity index (χ1) is 3.31. The molecule has 0 heterocycles. The van der Waals surface area contributed by atoms with Crippen molar-refractivity contribution in [1.29, 1.82) is 0 Å². The van der Waals surface area contributed by atoms with Gasteiger partial charge in [0.15, 0.2) is 5.62 Å². The zero-order chi connectivity index (χ0) is 5.70. The van der Waals surface area contributed by atoms with Crippen LogP contribution in [0.5, 0.6) is 0 Å². The minimum absolute atomic E-state index is 0.475. The van der Waals surface area contributed by atoms with Crippen LogP contribution < -0.4 is 0 Å². The Labute approximate surface area is 50.4 Å².